The third kappa shape index (κ3) is 5.02. The second-order valence-electron chi connectivity index (χ2n) is 5.28. The molecule has 2 aromatic carbocycles. The fraction of sp³-hybridized carbons (Fsp3) is 0.200. The predicted octanol–water partition coefficient (Wildman–Crippen LogP) is 2.44. The van der Waals surface area contributed by atoms with Crippen LogP contribution in [-0.2, 0) is 4.79 Å². The number of hydrogen-bond donors (Lipinski definition) is 2. The Kier molecular flexibility index (Phi) is 6.63. The molecule has 6 heteroatoms. The van der Waals surface area contributed by atoms with Crippen LogP contribution in [0.1, 0.15) is 22.8 Å². The molecule has 0 unspecified atom stereocenters. The zero-order valence-corrected chi connectivity index (χ0v) is 14.9. The van der Waals surface area contributed by atoms with Gasteiger partial charge in [-0.3, -0.25) is 9.59 Å². The minimum absolute atomic E-state index is 0.125. The maximum Gasteiger partial charge on any atom is 0.255 e. The van der Waals surface area contributed by atoms with Crippen LogP contribution in [0.15, 0.2) is 42.5 Å². The number of para-hydroxylation sites is 1. The van der Waals surface area contributed by atoms with Crippen molar-refractivity contribution in [3.8, 4) is 23.3 Å². The van der Waals surface area contributed by atoms with Gasteiger partial charge < -0.3 is 20.1 Å². The van der Waals surface area contributed by atoms with E-state index >= 15 is 0 Å². The van der Waals surface area contributed by atoms with E-state index < -0.39 is 0 Å². The van der Waals surface area contributed by atoms with E-state index in [0.29, 0.717) is 22.7 Å². The molecule has 134 valence electrons. The minimum atomic E-state index is -0.295. The molecule has 0 spiro atoms. The molecule has 0 atom stereocenters. The summed E-state index contributed by atoms with van der Waals surface area (Å²) >= 11 is 0. The van der Waals surface area contributed by atoms with Crippen LogP contribution in [0.2, 0.25) is 0 Å². The molecule has 2 amide bonds. The molecule has 0 saturated carbocycles. The Morgan fingerprint density at radius 3 is 2.38 bits per heavy atom. The average molecular weight is 352 g/mol. The first-order valence-corrected chi connectivity index (χ1v) is 7.91. The molecular formula is C20H20N2O4. The summed E-state index contributed by atoms with van der Waals surface area (Å²) in [6, 6.07) is 12.2. The van der Waals surface area contributed by atoms with Crippen LogP contribution in [0.5, 0.6) is 11.5 Å². The van der Waals surface area contributed by atoms with Crippen LogP contribution in [-0.4, -0.2) is 32.6 Å². The third-order valence-electron chi connectivity index (χ3n) is 3.42. The molecule has 2 aromatic rings. The molecule has 0 radical (unpaired) electrons. The van der Waals surface area contributed by atoms with Gasteiger partial charge in [0.2, 0.25) is 5.91 Å². The lowest BCUT2D eigenvalue weighted by molar-refractivity contribution is -0.114. The number of ether oxygens (including phenoxy) is 2. The second kappa shape index (κ2) is 9.14. The van der Waals surface area contributed by atoms with E-state index in [1.807, 2.05) is 0 Å². The van der Waals surface area contributed by atoms with Gasteiger partial charge in [-0.05, 0) is 36.4 Å². The Morgan fingerprint density at radius 1 is 1.04 bits per heavy atom. The summed E-state index contributed by atoms with van der Waals surface area (Å²) in [6.45, 7) is 1.64. The van der Waals surface area contributed by atoms with Crippen molar-refractivity contribution < 1.29 is 19.1 Å². The molecule has 0 aliphatic rings. The van der Waals surface area contributed by atoms with Gasteiger partial charge in [-0.1, -0.05) is 17.9 Å². The summed E-state index contributed by atoms with van der Waals surface area (Å²) in [4.78, 5) is 23.3. The fourth-order valence-electron chi connectivity index (χ4n) is 2.27. The molecule has 0 fully saturated rings. The summed E-state index contributed by atoms with van der Waals surface area (Å²) in [5, 5.41) is 5.41. The lowest BCUT2D eigenvalue weighted by Gasteiger charge is -2.11. The highest BCUT2D eigenvalue weighted by atomic mass is 16.5. The van der Waals surface area contributed by atoms with E-state index in [2.05, 4.69) is 22.5 Å². The Bertz CT molecular complexity index is 848. The standard InChI is InChI=1S/C20H20N2O4/c1-14(23)22-16-11-9-15(10-12-16)6-5-13-21-20(24)17-7-4-8-18(25-2)19(17)26-3/h4,7-12H,13H2,1-3H3,(H,21,24)(H,22,23). The highest BCUT2D eigenvalue weighted by Crippen LogP contribution is 2.30. The summed E-state index contributed by atoms with van der Waals surface area (Å²) < 4.78 is 10.4. The van der Waals surface area contributed by atoms with Crippen molar-refractivity contribution >= 4 is 17.5 Å². The SMILES string of the molecule is COc1cccc(C(=O)NCC#Cc2ccc(NC(C)=O)cc2)c1OC. The van der Waals surface area contributed by atoms with Crippen LogP contribution in [0.4, 0.5) is 5.69 Å². The van der Waals surface area contributed by atoms with Crippen LogP contribution in [0.3, 0.4) is 0 Å². The molecule has 2 rings (SSSR count). The van der Waals surface area contributed by atoms with E-state index in [1.54, 1.807) is 42.5 Å². The van der Waals surface area contributed by atoms with Crippen molar-refractivity contribution in [2.24, 2.45) is 0 Å². The first-order valence-electron chi connectivity index (χ1n) is 7.91. The third-order valence-corrected chi connectivity index (χ3v) is 3.42. The molecule has 0 saturated heterocycles. The predicted molar refractivity (Wildman–Crippen MR) is 99.5 cm³/mol. The maximum absolute atomic E-state index is 12.3. The molecule has 2 N–H and O–H groups in total. The van der Waals surface area contributed by atoms with Gasteiger partial charge >= 0.3 is 0 Å². The van der Waals surface area contributed by atoms with E-state index in [9.17, 15) is 9.59 Å². The van der Waals surface area contributed by atoms with Gasteiger partial charge in [-0.25, -0.2) is 0 Å². The number of amides is 2. The lowest BCUT2D eigenvalue weighted by atomic mass is 10.1. The summed E-state index contributed by atoms with van der Waals surface area (Å²) in [5.74, 6) is 6.29. The van der Waals surface area contributed by atoms with Gasteiger partial charge in [0.25, 0.3) is 5.91 Å². The zero-order valence-electron chi connectivity index (χ0n) is 14.9. The highest BCUT2D eigenvalue weighted by Gasteiger charge is 2.15. The topological polar surface area (TPSA) is 76.7 Å². The Morgan fingerprint density at radius 2 is 1.77 bits per heavy atom. The largest absolute Gasteiger partial charge is 0.493 e. The van der Waals surface area contributed by atoms with Crippen molar-refractivity contribution in [3.05, 3.63) is 53.6 Å². The Labute approximate surface area is 152 Å². The number of nitrogens with one attached hydrogen (secondary N) is 2. The molecule has 26 heavy (non-hydrogen) atoms. The number of methoxy groups -OCH3 is 2. The second-order valence-corrected chi connectivity index (χ2v) is 5.28. The molecule has 0 aliphatic carbocycles. The molecular weight excluding hydrogens is 332 g/mol. The molecule has 0 heterocycles. The van der Waals surface area contributed by atoms with Gasteiger partial charge in [0, 0.05) is 18.2 Å². The minimum Gasteiger partial charge on any atom is -0.493 e. The quantitative estimate of drug-likeness (QED) is 0.811. The summed E-state index contributed by atoms with van der Waals surface area (Å²) in [6.07, 6.45) is 0. The smallest absolute Gasteiger partial charge is 0.255 e. The van der Waals surface area contributed by atoms with Crippen LogP contribution >= 0.6 is 0 Å². The van der Waals surface area contributed by atoms with E-state index in [4.69, 9.17) is 9.47 Å². The van der Waals surface area contributed by atoms with Crippen molar-refractivity contribution in [2.45, 2.75) is 6.92 Å². The van der Waals surface area contributed by atoms with E-state index in [0.717, 1.165) is 5.56 Å². The van der Waals surface area contributed by atoms with Gasteiger partial charge in [-0.15, -0.1) is 0 Å². The maximum atomic E-state index is 12.3. The van der Waals surface area contributed by atoms with E-state index in [1.165, 1.54) is 21.1 Å². The summed E-state index contributed by atoms with van der Waals surface area (Å²) in [7, 11) is 3.00. The molecule has 0 aromatic heterocycles. The van der Waals surface area contributed by atoms with Crippen LogP contribution in [0.25, 0.3) is 0 Å². The highest BCUT2D eigenvalue weighted by molar-refractivity contribution is 5.98. The van der Waals surface area contributed by atoms with E-state index in [-0.39, 0.29) is 18.4 Å². The van der Waals surface area contributed by atoms with Crippen molar-refractivity contribution in [2.75, 3.05) is 26.1 Å². The zero-order chi connectivity index (χ0) is 18.9. The van der Waals surface area contributed by atoms with Crippen LogP contribution < -0.4 is 20.1 Å². The normalized spacial score (nSPS) is 9.50. The monoisotopic (exact) mass is 352 g/mol. The van der Waals surface area contributed by atoms with Crippen molar-refractivity contribution in [1.82, 2.24) is 5.32 Å². The number of carbonyl (C=O) groups excluding carboxylic acids is 2. The Hall–Kier alpha value is -3.46. The number of carbonyl (C=O) groups is 2. The summed E-state index contributed by atoms with van der Waals surface area (Å²) in [5.41, 5.74) is 1.88. The van der Waals surface area contributed by atoms with Gasteiger partial charge in [-0.2, -0.15) is 0 Å². The Balaban J connectivity index is 1.97. The van der Waals surface area contributed by atoms with Crippen molar-refractivity contribution in [3.63, 3.8) is 0 Å². The molecule has 6 nitrogen and oxygen atoms in total. The fourth-order valence-corrected chi connectivity index (χ4v) is 2.27. The van der Waals surface area contributed by atoms with Gasteiger partial charge in [0.05, 0.1) is 26.3 Å². The van der Waals surface area contributed by atoms with Crippen LogP contribution in [0, 0.1) is 11.8 Å². The van der Waals surface area contributed by atoms with Gasteiger partial charge in [0.1, 0.15) is 0 Å². The number of rotatable bonds is 5. The first kappa shape index (κ1) is 18.9. The first-order chi connectivity index (χ1) is 12.5. The lowest BCUT2D eigenvalue weighted by Crippen LogP contribution is -2.24. The molecule has 0 aliphatic heterocycles. The average Bonchev–Trinajstić information content (AvgIpc) is 2.65. The number of anilines is 1. The van der Waals surface area contributed by atoms with Gasteiger partial charge in [0.15, 0.2) is 11.5 Å². The molecule has 0 bridgehead atoms. The number of benzene rings is 2. The van der Waals surface area contributed by atoms with Crippen molar-refractivity contribution in [1.29, 1.82) is 0 Å². The number of hydrogen-bond acceptors (Lipinski definition) is 4.